The fourth-order valence-corrected chi connectivity index (χ4v) is 2.84. The van der Waals surface area contributed by atoms with Crippen LogP contribution in [0.25, 0.3) is 11.3 Å². The smallest absolute Gasteiger partial charge is 0.125 e. The zero-order chi connectivity index (χ0) is 18.9. The van der Waals surface area contributed by atoms with Crippen molar-refractivity contribution in [2.45, 2.75) is 26.2 Å². The molecule has 0 unspecified atom stereocenters. The Morgan fingerprint density at radius 2 is 1.62 bits per heavy atom. The van der Waals surface area contributed by atoms with E-state index in [1.54, 1.807) is 16.8 Å². The number of hydrogen-bond acceptors (Lipinski definition) is 2. The van der Waals surface area contributed by atoms with Crippen molar-refractivity contribution in [3.8, 4) is 28.8 Å². The van der Waals surface area contributed by atoms with Crippen molar-refractivity contribution in [2.75, 3.05) is 0 Å². The Morgan fingerprint density at radius 1 is 1.00 bits per heavy atom. The number of phenols is 1. The van der Waals surface area contributed by atoms with Crippen LogP contribution >= 0.6 is 11.6 Å². The largest absolute Gasteiger partial charge is 0.507 e. The van der Waals surface area contributed by atoms with Crippen LogP contribution in [0.4, 0.5) is 0 Å². The molecule has 0 amide bonds. The van der Waals surface area contributed by atoms with Gasteiger partial charge in [0.1, 0.15) is 5.75 Å². The number of rotatable bonds is 1. The van der Waals surface area contributed by atoms with Crippen LogP contribution in [0, 0.1) is 11.8 Å². The molecule has 4 heteroatoms. The Bertz CT molecular complexity index is 999. The molecule has 2 aromatic carbocycles. The average Bonchev–Trinajstić information content (AvgIpc) is 2.97. The van der Waals surface area contributed by atoms with E-state index in [0.29, 0.717) is 10.6 Å². The molecular formula is C22H21ClN2O. The number of aromatic hydroxyl groups is 1. The molecule has 0 saturated heterocycles. The van der Waals surface area contributed by atoms with Gasteiger partial charge in [-0.2, -0.15) is 5.10 Å². The third-order valence-electron chi connectivity index (χ3n) is 4.08. The third-order valence-corrected chi connectivity index (χ3v) is 4.34. The molecule has 1 heterocycles. The standard InChI is InChI=1S/C22H21ClN2O/c1-22(2,3)19-14-25(4)24-21(19)18-13-16(9-12-20(18)26)6-5-15-7-10-17(23)11-8-15/h7-14,26H,1-4H3. The molecular weight excluding hydrogens is 344 g/mol. The Hall–Kier alpha value is -2.70. The minimum atomic E-state index is -0.0823. The summed E-state index contributed by atoms with van der Waals surface area (Å²) in [5, 5.41) is 15.6. The molecule has 0 aliphatic carbocycles. The molecule has 132 valence electrons. The molecule has 0 fully saturated rings. The second-order valence-electron chi connectivity index (χ2n) is 7.30. The summed E-state index contributed by atoms with van der Waals surface area (Å²) in [4.78, 5) is 0. The second-order valence-corrected chi connectivity index (χ2v) is 7.74. The zero-order valence-electron chi connectivity index (χ0n) is 15.3. The molecule has 3 rings (SSSR count). The lowest BCUT2D eigenvalue weighted by Gasteiger charge is -2.18. The lowest BCUT2D eigenvalue weighted by molar-refractivity contribution is 0.476. The van der Waals surface area contributed by atoms with Crippen LogP contribution in [-0.4, -0.2) is 14.9 Å². The highest BCUT2D eigenvalue weighted by Gasteiger charge is 2.23. The number of hydrogen-bond donors (Lipinski definition) is 1. The summed E-state index contributed by atoms with van der Waals surface area (Å²) in [6.45, 7) is 6.40. The van der Waals surface area contributed by atoms with Gasteiger partial charge < -0.3 is 5.11 Å². The summed E-state index contributed by atoms with van der Waals surface area (Å²) in [5.74, 6) is 6.46. The van der Waals surface area contributed by atoms with E-state index in [-0.39, 0.29) is 11.2 Å². The number of nitrogens with zero attached hydrogens (tertiary/aromatic N) is 2. The Morgan fingerprint density at radius 3 is 2.27 bits per heavy atom. The quantitative estimate of drug-likeness (QED) is 0.607. The second kappa shape index (κ2) is 6.90. The zero-order valence-corrected chi connectivity index (χ0v) is 16.1. The summed E-state index contributed by atoms with van der Waals surface area (Å²) >= 11 is 5.90. The summed E-state index contributed by atoms with van der Waals surface area (Å²) in [6.07, 6.45) is 2.00. The van der Waals surface area contributed by atoms with Crippen molar-refractivity contribution in [1.82, 2.24) is 9.78 Å². The van der Waals surface area contributed by atoms with Gasteiger partial charge in [0.05, 0.1) is 5.69 Å². The van der Waals surface area contributed by atoms with Gasteiger partial charge in [0.15, 0.2) is 0 Å². The molecule has 26 heavy (non-hydrogen) atoms. The van der Waals surface area contributed by atoms with Crippen molar-refractivity contribution < 1.29 is 5.11 Å². The van der Waals surface area contributed by atoms with Gasteiger partial charge in [-0.25, -0.2) is 0 Å². The van der Waals surface area contributed by atoms with Gasteiger partial charge in [-0.05, 0) is 47.9 Å². The first-order valence-electron chi connectivity index (χ1n) is 8.39. The van der Waals surface area contributed by atoms with Crippen LogP contribution in [0.2, 0.25) is 5.02 Å². The molecule has 0 aliphatic rings. The maximum Gasteiger partial charge on any atom is 0.125 e. The van der Waals surface area contributed by atoms with Gasteiger partial charge in [0.2, 0.25) is 0 Å². The van der Waals surface area contributed by atoms with E-state index in [9.17, 15) is 5.11 Å². The van der Waals surface area contributed by atoms with E-state index >= 15 is 0 Å². The molecule has 1 N–H and O–H groups in total. The van der Waals surface area contributed by atoms with Crippen molar-refractivity contribution >= 4 is 11.6 Å². The summed E-state index contributed by atoms with van der Waals surface area (Å²) in [7, 11) is 1.89. The van der Waals surface area contributed by atoms with Gasteiger partial charge in [0, 0.05) is 40.5 Å². The fourth-order valence-electron chi connectivity index (χ4n) is 2.72. The van der Waals surface area contributed by atoms with E-state index in [1.165, 1.54) is 0 Å². The van der Waals surface area contributed by atoms with Crippen LogP contribution < -0.4 is 0 Å². The predicted molar refractivity (Wildman–Crippen MR) is 106 cm³/mol. The molecule has 0 aliphatic heterocycles. The Balaban J connectivity index is 2.04. The van der Waals surface area contributed by atoms with E-state index < -0.39 is 0 Å². The van der Waals surface area contributed by atoms with Crippen LogP contribution in [0.1, 0.15) is 37.5 Å². The van der Waals surface area contributed by atoms with Crippen LogP contribution in [0.5, 0.6) is 5.75 Å². The number of benzene rings is 2. The maximum atomic E-state index is 10.4. The van der Waals surface area contributed by atoms with E-state index in [0.717, 1.165) is 22.4 Å². The number of halogens is 1. The molecule has 0 atom stereocenters. The molecule has 0 saturated carbocycles. The highest BCUT2D eigenvalue weighted by Crippen LogP contribution is 2.36. The first-order chi connectivity index (χ1) is 12.2. The van der Waals surface area contributed by atoms with Gasteiger partial charge >= 0.3 is 0 Å². The lowest BCUT2D eigenvalue weighted by Crippen LogP contribution is -2.11. The summed E-state index contributed by atoms with van der Waals surface area (Å²) in [5.41, 5.74) is 4.18. The fraction of sp³-hybridized carbons (Fsp3) is 0.227. The van der Waals surface area contributed by atoms with Crippen molar-refractivity contribution in [3.05, 3.63) is 70.4 Å². The average molecular weight is 365 g/mol. The van der Waals surface area contributed by atoms with Crippen LogP contribution in [0.3, 0.4) is 0 Å². The molecule has 0 bridgehead atoms. The lowest BCUT2D eigenvalue weighted by atomic mass is 9.85. The van der Waals surface area contributed by atoms with Crippen molar-refractivity contribution in [2.24, 2.45) is 7.05 Å². The van der Waals surface area contributed by atoms with Gasteiger partial charge in [-0.1, -0.05) is 44.2 Å². The normalized spacial score (nSPS) is 11.1. The Labute approximate surface area is 159 Å². The molecule has 1 aromatic heterocycles. The first kappa shape index (κ1) is 18.1. The van der Waals surface area contributed by atoms with E-state index in [2.05, 4.69) is 37.7 Å². The van der Waals surface area contributed by atoms with E-state index in [1.807, 2.05) is 43.6 Å². The molecule has 3 aromatic rings. The van der Waals surface area contributed by atoms with Crippen molar-refractivity contribution in [1.29, 1.82) is 0 Å². The predicted octanol–water partition coefficient (Wildman–Crippen LogP) is 5.14. The molecule has 3 nitrogen and oxygen atoms in total. The maximum absolute atomic E-state index is 10.4. The van der Waals surface area contributed by atoms with Gasteiger partial charge in [0.25, 0.3) is 0 Å². The molecule has 0 radical (unpaired) electrons. The Kier molecular flexibility index (Phi) is 4.80. The SMILES string of the molecule is Cn1cc(C(C)(C)C)c(-c2cc(C#Cc3ccc(Cl)cc3)ccc2O)n1. The minimum Gasteiger partial charge on any atom is -0.507 e. The first-order valence-corrected chi connectivity index (χ1v) is 8.77. The minimum absolute atomic E-state index is 0.0823. The summed E-state index contributed by atoms with van der Waals surface area (Å²) in [6, 6.07) is 12.8. The van der Waals surface area contributed by atoms with Crippen LogP contribution in [-0.2, 0) is 12.5 Å². The molecule has 0 spiro atoms. The van der Waals surface area contributed by atoms with Gasteiger partial charge in [-0.3, -0.25) is 4.68 Å². The number of aromatic nitrogens is 2. The van der Waals surface area contributed by atoms with E-state index in [4.69, 9.17) is 11.6 Å². The highest BCUT2D eigenvalue weighted by atomic mass is 35.5. The summed E-state index contributed by atoms with van der Waals surface area (Å²) < 4.78 is 1.78. The van der Waals surface area contributed by atoms with Crippen molar-refractivity contribution in [3.63, 3.8) is 0 Å². The van der Waals surface area contributed by atoms with Gasteiger partial charge in [-0.15, -0.1) is 0 Å². The third kappa shape index (κ3) is 3.92. The number of phenolic OH excluding ortho intramolecular Hbond substituents is 1. The number of aryl methyl sites for hydroxylation is 1. The topological polar surface area (TPSA) is 38.0 Å². The highest BCUT2D eigenvalue weighted by molar-refractivity contribution is 6.30. The monoisotopic (exact) mass is 364 g/mol. The van der Waals surface area contributed by atoms with Crippen LogP contribution in [0.15, 0.2) is 48.7 Å².